The molecule has 0 aliphatic heterocycles. The van der Waals surface area contributed by atoms with E-state index in [1.54, 1.807) is 22.9 Å². The Morgan fingerprint density at radius 3 is 2.79 bits per heavy atom. The first-order valence-electron chi connectivity index (χ1n) is 6.04. The second-order valence-corrected chi connectivity index (χ2v) is 4.64. The van der Waals surface area contributed by atoms with E-state index >= 15 is 0 Å². The van der Waals surface area contributed by atoms with Gasteiger partial charge in [-0.25, -0.2) is 9.97 Å². The second kappa shape index (κ2) is 5.09. The summed E-state index contributed by atoms with van der Waals surface area (Å²) in [6.07, 6.45) is 1.78. The third-order valence-corrected chi connectivity index (χ3v) is 2.79. The molecular formula is C13H17N5O. The molecule has 0 radical (unpaired) electrons. The number of aromatic nitrogens is 3. The van der Waals surface area contributed by atoms with Gasteiger partial charge < -0.3 is 10.9 Å². The van der Waals surface area contributed by atoms with Crippen LogP contribution in [-0.4, -0.2) is 25.6 Å². The molecule has 2 rings (SSSR count). The van der Waals surface area contributed by atoms with Crippen LogP contribution in [0.25, 0.3) is 5.95 Å². The summed E-state index contributed by atoms with van der Waals surface area (Å²) in [5.41, 5.74) is 8.04. The lowest BCUT2D eigenvalue weighted by Crippen LogP contribution is -2.19. The number of oxime groups is 1. The summed E-state index contributed by atoms with van der Waals surface area (Å²) in [6.45, 7) is 6.07. The summed E-state index contributed by atoms with van der Waals surface area (Å²) in [4.78, 5) is 8.91. The third kappa shape index (κ3) is 2.57. The molecule has 0 atom stereocenters. The van der Waals surface area contributed by atoms with Crippen LogP contribution in [0.5, 0.6) is 0 Å². The van der Waals surface area contributed by atoms with E-state index in [1.165, 1.54) is 0 Å². The molecule has 100 valence electrons. The van der Waals surface area contributed by atoms with Gasteiger partial charge in [0.1, 0.15) is 0 Å². The van der Waals surface area contributed by atoms with Crippen LogP contribution in [0.1, 0.15) is 36.8 Å². The molecule has 6 heteroatoms. The van der Waals surface area contributed by atoms with Gasteiger partial charge >= 0.3 is 0 Å². The molecule has 2 aromatic heterocycles. The second-order valence-electron chi connectivity index (χ2n) is 4.64. The van der Waals surface area contributed by atoms with Crippen LogP contribution in [0.15, 0.2) is 29.6 Å². The van der Waals surface area contributed by atoms with Gasteiger partial charge in [-0.1, -0.05) is 19.0 Å². The van der Waals surface area contributed by atoms with Gasteiger partial charge in [0, 0.05) is 17.6 Å². The van der Waals surface area contributed by atoms with Crippen LogP contribution >= 0.6 is 0 Å². The molecule has 19 heavy (non-hydrogen) atoms. The Bertz CT molecular complexity index is 615. The van der Waals surface area contributed by atoms with Crippen LogP contribution in [-0.2, 0) is 0 Å². The molecule has 6 nitrogen and oxygen atoms in total. The van der Waals surface area contributed by atoms with E-state index in [4.69, 9.17) is 10.9 Å². The lowest BCUT2D eigenvalue weighted by Gasteiger charge is -2.11. The fourth-order valence-corrected chi connectivity index (χ4v) is 1.80. The first kappa shape index (κ1) is 13.1. The molecule has 0 aliphatic carbocycles. The Morgan fingerprint density at radius 1 is 1.42 bits per heavy atom. The Hall–Kier alpha value is -2.37. The van der Waals surface area contributed by atoms with E-state index in [2.05, 4.69) is 29.0 Å². The van der Waals surface area contributed by atoms with Crippen molar-refractivity contribution in [2.75, 3.05) is 0 Å². The van der Waals surface area contributed by atoms with Crippen molar-refractivity contribution in [2.45, 2.75) is 26.7 Å². The van der Waals surface area contributed by atoms with Crippen LogP contribution in [0.2, 0.25) is 0 Å². The van der Waals surface area contributed by atoms with Gasteiger partial charge in [-0.2, -0.15) is 0 Å². The first-order valence-corrected chi connectivity index (χ1v) is 6.04. The number of nitrogens with two attached hydrogens (primary N) is 1. The molecule has 0 aromatic carbocycles. The van der Waals surface area contributed by atoms with Crippen LogP contribution in [0, 0.1) is 6.92 Å². The molecule has 3 N–H and O–H groups in total. The van der Waals surface area contributed by atoms with Crippen molar-refractivity contribution in [3.63, 3.8) is 0 Å². The number of aryl methyl sites for hydroxylation is 1. The molecule has 0 unspecified atom stereocenters. The van der Waals surface area contributed by atoms with Crippen LogP contribution in [0.4, 0.5) is 0 Å². The van der Waals surface area contributed by atoms with Gasteiger partial charge in [-0.3, -0.25) is 4.57 Å². The van der Waals surface area contributed by atoms with Crippen molar-refractivity contribution in [1.29, 1.82) is 0 Å². The molecule has 0 fully saturated rings. The Morgan fingerprint density at radius 2 is 2.16 bits per heavy atom. The van der Waals surface area contributed by atoms with Gasteiger partial charge in [-0.15, -0.1) is 0 Å². The Balaban J connectivity index is 2.56. The van der Waals surface area contributed by atoms with E-state index in [0.29, 0.717) is 17.6 Å². The number of hydrogen-bond donors (Lipinski definition) is 2. The van der Waals surface area contributed by atoms with Crippen molar-refractivity contribution < 1.29 is 5.21 Å². The molecule has 2 aromatic rings. The summed E-state index contributed by atoms with van der Waals surface area (Å²) >= 11 is 0. The van der Waals surface area contributed by atoms with Crippen molar-refractivity contribution in [2.24, 2.45) is 10.9 Å². The lowest BCUT2D eigenvalue weighted by molar-refractivity contribution is 0.318. The van der Waals surface area contributed by atoms with Gasteiger partial charge in [0.05, 0.1) is 5.69 Å². The standard InChI is InChI=1S/C13H17N5O/c1-8(2)10-7-9(3)15-13(16-10)18-6-4-5-11(18)12(14)17-19/h4-8,19H,1-3H3,(H2,14,17). The summed E-state index contributed by atoms with van der Waals surface area (Å²) in [7, 11) is 0. The summed E-state index contributed by atoms with van der Waals surface area (Å²) in [6, 6.07) is 5.50. The van der Waals surface area contributed by atoms with E-state index in [1.807, 2.05) is 13.0 Å². The minimum absolute atomic E-state index is 0.0289. The molecule has 0 aliphatic rings. The highest BCUT2D eigenvalue weighted by molar-refractivity contribution is 5.96. The van der Waals surface area contributed by atoms with Gasteiger partial charge in [-0.05, 0) is 31.0 Å². The maximum atomic E-state index is 8.78. The average molecular weight is 259 g/mol. The SMILES string of the molecule is Cc1cc(C(C)C)nc(-n2cccc2/C(N)=N/O)n1. The molecule has 0 amide bonds. The molecule has 0 saturated carbocycles. The number of rotatable bonds is 3. The number of amidine groups is 1. The van der Waals surface area contributed by atoms with Gasteiger partial charge in [0.2, 0.25) is 5.95 Å². The van der Waals surface area contributed by atoms with Gasteiger partial charge in [0.15, 0.2) is 5.84 Å². The minimum atomic E-state index is 0.0289. The Labute approximate surface area is 111 Å². The molecule has 0 saturated heterocycles. The highest BCUT2D eigenvalue weighted by Crippen LogP contribution is 2.16. The van der Waals surface area contributed by atoms with Crippen LogP contribution < -0.4 is 5.73 Å². The van der Waals surface area contributed by atoms with Gasteiger partial charge in [0.25, 0.3) is 0 Å². The monoisotopic (exact) mass is 259 g/mol. The zero-order valence-corrected chi connectivity index (χ0v) is 11.2. The molecule has 0 spiro atoms. The lowest BCUT2D eigenvalue weighted by atomic mass is 10.1. The van der Waals surface area contributed by atoms with Crippen molar-refractivity contribution in [3.05, 3.63) is 41.5 Å². The molecular weight excluding hydrogens is 242 g/mol. The number of hydrogen-bond acceptors (Lipinski definition) is 4. The normalized spacial score (nSPS) is 12.1. The Kier molecular flexibility index (Phi) is 3.50. The van der Waals surface area contributed by atoms with E-state index in [9.17, 15) is 0 Å². The van der Waals surface area contributed by atoms with E-state index in [0.717, 1.165) is 11.4 Å². The predicted molar refractivity (Wildman–Crippen MR) is 72.7 cm³/mol. The zero-order valence-electron chi connectivity index (χ0n) is 11.2. The predicted octanol–water partition coefficient (Wildman–Crippen LogP) is 1.79. The maximum absolute atomic E-state index is 8.78. The highest BCUT2D eigenvalue weighted by Gasteiger charge is 2.12. The van der Waals surface area contributed by atoms with Crippen molar-refractivity contribution in [1.82, 2.24) is 14.5 Å². The summed E-state index contributed by atoms with van der Waals surface area (Å²) in [5, 5.41) is 11.8. The maximum Gasteiger partial charge on any atom is 0.234 e. The quantitative estimate of drug-likeness (QED) is 0.380. The molecule has 0 bridgehead atoms. The fourth-order valence-electron chi connectivity index (χ4n) is 1.80. The average Bonchev–Trinajstić information content (AvgIpc) is 2.86. The third-order valence-electron chi connectivity index (χ3n) is 2.79. The fraction of sp³-hybridized carbons (Fsp3) is 0.308. The number of nitrogens with zero attached hydrogens (tertiary/aromatic N) is 4. The van der Waals surface area contributed by atoms with Crippen molar-refractivity contribution in [3.8, 4) is 5.95 Å². The smallest absolute Gasteiger partial charge is 0.234 e. The topological polar surface area (TPSA) is 89.3 Å². The zero-order chi connectivity index (χ0) is 14.0. The van der Waals surface area contributed by atoms with E-state index in [-0.39, 0.29) is 5.84 Å². The van der Waals surface area contributed by atoms with Crippen molar-refractivity contribution >= 4 is 5.84 Å². The largest absolute Gasteiger partial charge is 0.409 e. The minimum Gasteiger partial charge on any atom is -0.409 e. The first-order chi connectivity index (χ1) is 9.02. The van der Waals surface area contributed by atoms with E-state index < -0.39 is 0 Å². The highest BCUT2D eigenvalue weighted by atomic mass is 16.4. The summed E-state index contributed by atoms with van der Waals surface area (Å²) < 4.78 is 1.70. The summed E-state index contributed by atoms with van der Waals surface area (Å²) in [5.74, 6) is 0.861. The van der Waals surface area contributed by atoms with Crippen LogP contribution in [0.3, 0.4) is 0 Å². The molecule has 2 heterocycles.